The predicted molar refractivity (Wildman–Crippen MR) is 110 cm³/mol. The number of carbonyl (C=O) groups is 1. The van der Waals surface area contributed by atoms with Crippen LogP contribution in [0.3, 0.4) is 0 Å². The molecule has 144 valence electrons. The molecule has 0 fully saturated rings. The smallest absolute Gasteiger partial charge is 0.310 e. The second kappa shape index (κ2) is 8.88. The van der Waals surface area contributed by atoms with Crippen LogP contribution in [0.25, 0.3) is 5.57 Å². The Bertz CT molecular complexity index is 661. The van der Waals surface area contributed by atoms with Crippen LogP contribution in [0.15, 0.2) is 23.8 Å². The van der Waals surface area contributed by atoms with Crippen LogP contribution in [0.2, 0.25) is 0 Å². The fourth-order valence-electron chi connectivity index (χ4n) is 4.11. The van der Waals surface area contributed by atoms with E-state index in [1.807, 2.05) is 0 Å². The molecule has 2 rings (SSSR count). The van der Waals surface area contributed by atoms with Crippen LogP contribution >= 0.6 is 0 Å². The number of unbranched alkanes of at least 4 members (excludes halogenated alkanes) is 1. The van der Waals surface area contributed by atoms with Crippen molar-refractivity contribution in [3.8, 4) is 0 Å². The van der Waals surface area contributed by atoms with Gasteiger partial charge in [-0.2, -0.15) is 0 Å². The first-order valence-corrected chi connectivity index (χ1v) is 10.3. The molecule has 0 amide bonds. The molecule has 1 aromatic carbocycles. The third-order valence-electron chi connectivity index (χ3n) is 5.54. The fraction of sp³-hybridized carbons (Fsp3) is 0.625. The van der Waals surface area contributed by atoms with E-state index in [-0.39, 0.29) is 11.3 Å². The van der Waals surface area contributed by atoms with E-state index in [9.17, 15) is 9.90 Å². The van der Waals surface area contributed by atoms with Crippen molar-refractivity contribution in [2.45, 2.75) is 86.0 Å². The van der Waals surface area contributed by atoms with Crippen molar-refractivity contribution in [2.75, 3.05) is 0 Å². The highest BCUT2D eigenvalue weighted by molar-refractivity contribution is 5.80. The molecule has 0 saturated carbocycles. The summed E-state index contributed by atoms with van der Waals surface area (Å²) in [4.78, 5) is 12.1. The SMILES string of the molecule is CCCCc1cc(C2=C(C(CC(C)(C)C)C(=O)O)CCCC2)ccc1C. The first-order chi connectivity index (χ1) is 12.2. The zero-order valence-corrected chi connectivity index (χ0v) is 17.3. The third kappa shape index (κ3) is 5.46. The summed E-state index contributed by atoms with van der Waals surface area (Å²) in [5, 5.41) is 9.93. The number of benzene rings is 1. The lowest BCUT2D eigenvalue weighted by Gasteiger charge is -2.30. The van der Waals surface area contributed by atoms with Gasteiger partial charge in [0.25, 0.3) is 0 Å². The van der Waals surface area contributed by atoms with Crippen molar-refractivity contribution in [3.05, 3.63) is 40.5 Å². The van der Waals surface area contributed by atoms with Gasteiger partial charge >= 0.3 is 5.97 Å². The highest BCUT2D eigenvalue weighted by atomic mass is 16.4. The molecule has 1 aliphatic rings. The Morgan fingerprint density at radius 2 is 1.88 bits per heavy atom. The van der Waals surface area contributed by atoms with Crippen molar-refractivity contribution in [3.63, 3.8) is 0 Å². The Labute approximate surface area is 159 Å². The minimum absolute atomic E-state index is 0.0121. The summed E-state index contributed by atoms with van der Waals surface area (Å²) in [7, 11) is 0. The molecule has 0 saturated heterocycles. The molecule has 0 heterocycles. The Morgan fingerprint density at radius 3 is 2.50 bits per heavy atom. The van der Waals surface area contributed by atoms with Crippen molar-refractivity contribution in [2.24, 2.45) is 11.3 Å². The largest absolute Gasteiger partial charge is 0.481 e. The maximum Gasteiger partial charge on any atom is 0.310 e. The average molecular weight is 357 g/mol. The van der Waals surface area contributed by atoms with Crippen molar-refractivity contribution in [1.29, 1.82) is 0 Å². The Morgan fingerprint density at radius 1 is 1.19 bits per heavy atom. The summed E-state index contributed by atoms with van der Waals surface area (Å²) >= 11 is 0. The van der Waals surface area contributed by atoms with E-state index in [0.29, 0.717) is 6.42 Å². The number of carboxylic acids is 1. The lowest BCUT2D eigenvalue weighted by atomic mass is 9.74. The minimum Gasteiger partial charge on any atom is -0.481 e. The van der Waals surface area contributed by atoms with E-state index in [1.165, 1.54) is 47.1 Å². The first kappa shape index (κ1) is 20.7. The Kier molecular flexibility index (Phi) is 7.08. The Hall–Kier alpha value is -1.57. The quantitative estimate of drug-likeness (QED) is 0.583. The fourth-order valence-corrected chi connectivity index (χ4v) is 4.11. The van der Waals surface area contributed by atoms with Gasteiger partial charge in [-0.3, -0.25) is 4.79 Å². The molecular weight excluding hydrogens is 320 g/mol. The minimum atomic E-state index is -0.660. The highest BCUT2D eigenvalue weighted by Gasteiger charge is 2.31. The van der Waals surface area contributed by atoms with Crippen LogP contribution in [-0.2, 0) is 11.2 Å². The lowest BCUT2D eigenvalue weighted by Crippen LogP contribution is -2.24. The van der Waals surface area contributed by atoms with Gasteiger partial charge in [-0.05, 0) is 79.5 Å². The van der Waals surface area contributed by atoms with Gasteiger partial charge in [0.2, 0.25) is 0 Å². The number of allylic oxidation sites excluding steroid dienone is 1. The number of carboxylic acid groups (broad SMARTS) is 1. The van der Waals surface area contributed by atoms with E-state index < -0.39 is 5.97 Å². The molecule has 1 atom stereocenters. The molecular formula is C24H36O2. The zero-order valence-electron chi connectivity index (χ0n) is 17.3. The van der Waals surface area contributed by atoms with Crippen LogP contribution in [-0.4, -0.2) is 11.1 Å². The van der Waals surface area contributed by atoms with Gasteiger partial charge in [0, 0.05) is 0 Å². The molecule has 0 radical (unpaired) electrons. The van der Waals surface area contributed by atoms with Crippen LogP contribution in [0.1, 0.15) is 89.3 Å². The highest BCUT2D eigenvalue weighted by Crippen LogP contribution is 2.40. The van der Waals surface area contributed by atoms with Crippen molar-refractivity contribution >= 4 is 11.5 Å². The lowest BCUT2D eigenvalue weighted by molar-refractivity contribution is -0.141. The van der Waals surface area contributed by atoms with E-state index in [1.54, 1.807) is 0 Å². The average Bonchev–Trinajstić information content (AvgIpc) is 2.58. The summed E-state index contributed by atoms with van der Waals surface area (Å²) in [6, 6.07) is 6.77. The van der Waals surface area contributed by atoms with Crippen LogP contribution in [0.4, 0.5) is 0 Å². The first-order valence-electron chi connectivity index (χ1n) is 10.3. The van der Waals surface area contributed by atoms with Crippen molar-refractivity contribution in [1.82, 2.24) is 0 Å². The Balaban J connectivity index is 2.46. The summed E-state index contributed by atoms with van der Waals surface area (Å²) in [6.07, 6.45) is 8.45. The van der Waals surface area contributed by atoms with Gasteiger partial charge in [0.1, 0.15) is 0 Å². The van der Waals surface area contributed by atoms with E-state index in [4.69, 9.17) is 0 Å². The third-order valence-corrected chi connectivity index (χ3v) is 5.54. The maximum absolute atomic E-state index is 12.1. The van der Waals surface area contributed by atoms with E-state index in [2.05, 4.69) is 52.8 Å². The number of aryl methyl sites for hydroxylation is 2. The molecule has 1 aromatic rings. The van der Waals surface area contributed by atoms with Gasteiger partial charge in [0.05, 0.1) is 5.92 Å². The molecule has 0 aromatic heterocycles. The number of hydrogen-bond donors (Lipinski definition) is 1. The maximum atomic E-state index is 12.1. The molecule has 0 aliphatic heterocycles. The molecule has 1 unspecified atom stereocenters. The summed E-state index contributed by atoms with van der Waals surface area (Å²) in [5.41, 5.74) is 6.54. The molecule has 1 N–H and O–H groups in total. The number of aliphatic carboxylic acids is 1. The molecule has 26 heavy (non-hydrogen) atoms. The second-order valence-electron chi connectivity index (χ2n) is 9.11. The van der Waals surface area contributed by atoms with Crippen LogP contribution in [0, 0.1) is 18.3 Å². The summed E-state index contributed by atoms with van der Waals surface area (Å²) in [6.45, 7) is 10.8. The summed E-state index contributed by atoms with van der Waals surface area (Å²) in [5.74, 6) is -1.02. The monoisotopic (exact) mass is 356 g/mol. The molecule has 0 bridgehead atoms. The number of rotatable bonds is 7. The van der Waals surface area contributed by atoms with Gasteiger partial charge in [-0.1, -0.05) is 57.9 Å². The molecule has 2 nitrogen and oxygen atoms in total. The second-order valence-corrected chi connectivity index (χ2v) is 9.11. The van der Waals surface area contributed by atoms with Crippen LogP contribution in [0.5, 0.6) is 0 Å². The van der Waals surface area contributed by atoms with Crippen LogP contribution < -0.4 is 0 Å². The molecule has 1 aliphatic carbocycles. The normalized spacial score (nSPS) is 16.7. The standard InChI is InChI=1S/C24H36O2/c1-6-7-10-18-15-19(14-13-17(18)2)20-11-8-9-12-21(20)22(23(25)26)16-24(3,4)5/h13-15,22H,6-12,16H2,1-5H3,(H,25,26). The molecule has 2 heteroatoms. The zero-order chi connectivity index (χ0) is 19.3. The van der Waals surface area contributed by atoms with Gasteiger partial charge in [-0.25, -0.2) is 0 Å². The summed E-state index contributed by atoms with van der Waals surface area (Å²) < 4.78 is 0. The van der Waals surface area contributed by atoms with Gasteiger partial charge < -0.3 is 5.11 Å². The van der Waals surface area contributed by atoms with Crippen molar-refractivity contribution < 1.29 is 9.90 Å². The molecule has 0 spiro atoms. The van der Waals surface area contributed by atoms with E-state index in [0.717, 1.165) is 25.7 Å². The van der Waals surface area contributed by atoms with Gasteiger partial charge in [-0.15, -0.1) is 0 Å². The van der Waals surface area contributed by atoms with E-state index >= 15 is 0 Å². The topological polar surface area (TPSA) is 37.3 Å². The van der Waals surface area contributed by atoms with Gasteiger partial charge in [0.15, 0.2) is 0 Å². The predicted octanol–water partition coefficient (Wildman–Crippen LogP) is 6.80. The number of hydrogen-bond acceptors (Lipinski definition) is 1.